The molecule has 0 unspecified atom stereocenters. The van der Waals surface area contributed by atoms with Gasteiger partial charge in [0, 0.05) is 11.8 Å². The Morgan fingerprint density at radius 1 is 0.889 bits per heavy atom. The zero-order valence-corrected chi connectivity index (χ0v) is 15.5. The Hall–Kier alpha value is -3.47. The van der Waals surface area contributed by atoms with Crippen molar-refractivity contribution in [3.63, 3.8) is 0 Å². The van der Waals surface area contributed by atoms with E-state index in [1.54, 1.807) is 16.5 Å². The minimum atomic E-state index is 0.111. The van der Waals surface area contributed by atoms with Gasteiger partial charge in [-0.15, -0.1) is 10.2 Å². The second-order valence-electron chi connectivity index (χ2n) is 6.71. The lowest BCUT2D eigenvalue weighted by atomic mass is 10.0. The van der Waals surface area contributed by atoms with E-state index in [2.05, 4.69) is 41.2 Å². The third-order valence-electron chi connectivity index (χ3n) is 4.65. The summed E-state index contributed by atoms with van der Waals surface area (Å²) < 4.78 is 1.76. The molecule has 0 radical (unpaired) electrons. The van der Waals surface area contributed by atoms with Crippen molar-refractivity contribution < 1.29 is 5.11 Å². The maximum atomic E-state index is 10.2. The summed E-state index contributed by atoms with van der Waals surface area (Å²) in [5.74, 6) is 0.699. The number of hydrogen-bond acceptors (Lipinski definition) is 4. The first-order valence-electron chi connectivity index (χ1n) is 8.79. The van der Waals surface area contributed by atoms with Crippen LogP contribution in [0.5, 0.6) is 5.75 Å². The lowest BCUT2D eigenvalue weighted by Crippen LogP contribution is -1.84. The van der Waals surface area contributed by atoms with Gasteiger partial charge in [0.25, 0.3) is 0 Å². The molecule has 5 nitrogen and oxygen atoms in total. The number of aryl methyl sites for hydroxylation is 3. The minimum absolute atomic E-state index is 0.111. The van der Waals surface area contributed by atoms with Crippen LogP contribution in [-0.4, -0.2) is 14.5 Å². The molecule has 0 amide bonds. The molecule has 27 heavy (non-hydrogen) atoms. The molecule has 1 N–H and O–H groups in total. The van der Waals surface area contributed by atoms with E-state index in [-0.39, 0.29) is 5.75 Å². The molecule has 0 atom stereocenters. The zero-order chi connectivity index (χ0) is 19.0. The molecule has 0 aliphatic carbocycles. The average Bonchev–Trinajstić information content (AvgIpc) is 3.02. The van der Waals surface area contributed by atoms with E-state index in [1.165, 1.54) is 11.1 Å². The van der Waals surface area contributed by atoms with Crippen molar-refractivity contribution in [2.45, 2.75) is 20.8 Å². The number of rotatable bonds is 3. The molecule has 0 bridgehead atoms. The van der Waals surface area contributed by atoms with Crippen molar-refractivity contribution in [2.24, 2.45) is 10.2 Å². The molecule has 134 valence electrons. The van der Waals surface area contributed by atoms with Crippen molar-refractivity contribution in [3.05, 3.63) is 77.5 Å². The summed E-state index contributed by atoms with van der Waals surface area (Å²) in [6, 6.07) is 17.4. The molecule has 0 aliphatic rings. The van der Waals surface area contributed by atoms with Crippen LogP contribution < -0.4 is 0 Å². The lowest BCUT2D eigenvalue weighted by molar-refractivity contribution is 0.477. The molecule has 4 aromatic rings. The number of aromatic nitrogens is 2. The van der Waals surface area contributed by atoms with Crippen molar-refractivity contribution in [1.29, 1.82) is 0 Å². The first-order chi connectivity index (χ1) is 13.0. The fourth-order valence-corrected chi connectivity index (χ4v) is 3.01. The quantitative estimate of drug-likeness (QED) is 0.454. The van der Waals surface area contributed by atoms with E-state index >= 15 is 0 Å². The van der Waals surface area contributed by atoms with Crippen LogP contribution in [0.2, 0.25) is 0 Å². The van der Waals surface area contributed by atoms with E-state index < -0.39 is 0 Å². The van der Waals surface area contributed by atoms with Crippen molar-refractivity contribution >= 4 is 17.2 Å². The number of hydrogen-bond donors (Lipinski definition) is 1. The van der Waals surface area contributed by atoms with Gasteiger partial charge in [0.1, 0.15) is 5.69 Å². The van der Waals surface area contributed by atoms with E-state index in [4.69, 9.17) is 0 Å². The molecule has 2 aromatic carbocycles. The van der Waals surface area contributed by atoms with Crippen molar-refractivity contribution in [2.75, 3.05) is 0 Å². The van der Waals surface area contributed by atoms with E-state index in [9.17, 15) is 5.11 Å². The van der Waals surface area contributed by atoms with Gasteiger partial charge in [-0.25, -0.2) is 4.98 Å². The van der Waals surface area contributed by atoms with Gasteiger partial charge >= 0.3 is 0 Å². The summed E-state index contributed by atoms with van der Waals surface area (Å²) in [6.07, 6.45) is 1.83. The first-order valence-corrected chi connectivity index (χ1v) is 8.79. The maximum Gasteiger partial charge on any atom is 0.187 e. The van der Waals surface area contributed by atoms with Gasteiger partial charge in [0.15, 0.2) is 17.2 Å². The van der Waals surface area contributed by atoms with Crippen LogP contribution >= 0.6 is 0 Å². The van der Waals surface area contributed by atoms with Gasteiger partial charge in [0.05, 0.1) is 5.69 Å². The highest BCUT2D eigenvalue weighted by atomic mass is 16.3. The fraction of sp³-hybridized carbons (Fsp3) is 0.136. The number of azo groups is 1. The van der Waals surface area contributed by atoms with E-state index in [1.807, 2.05) is 43.5 Å². The smallest absolute Gasteiger partial charge is 0.187 e. The molecular weight excluding hydrogens is 336 g/mol. The molecular formula is C22H20N4O. The van der Waals surface area contributed by atoms with Crippen LogP contribution in [0.25, 0.3) is 16.9 Å². The Kier molecular flexibility index (Phi) is 4.20. The summed E-state index contributed by atoms with van der Waals surface area (Å²) in [6.45, 7) is 6.17. The van der Waals surface area contributed by atoms with Crippen molar-refractivity contribution in [1.82, 2.24) is 9.38 Å². The van der Waals surface area contributed by atoms with Crippen LogP contribution in [-0.2, 0) is 0 Å². The molecule has 0 aliphatic heterocycles. The number of imidazole rings is 1. The zero-order valence-electron chi connectivity index (χ0n) is 15.5. The number of benzene rings is 2. The fourth-order valence-electron chi connectivity index (χ4n) is 3.01. The normalized spacial score (nSPS) is 11.5. The van der Waals surface area contributed by atoms with Gasteiger partial charge < -0.3 is 5.11 Å². The van der Waals surface area contributed by atoms with Gasteiger partial charge in [-0.05, 0) is 67.8 Å². The third kappa shape index (κ3) is 3.19. The molecule has 0 spiro atoms. The number of pyridine rings is 1. The predicted molar refractivity (Wildman–Crippen MR) is 107 cm³/mol. The first kappa shape index (κ1) is 17.0. The highest BCUT2D eigenvalue weighted by Gasteiger charge is 2.16. The second-order valence-corrected chi connectivity index (χ2v) is 6.71. The van der Waals surface area contributed by atoms with E-state index in [0.717, 1.165) is 16.8 Å². The molecule has 5 heteroatoms. The van der Waals surface area contributed by atoms with Gasteiger partial charge in [-0.1, -0.05) is 24.3 Å². The van der Waals surface area contributed by atoms with Gasteiger partial charge in [0.2, 0.25) is 0 Å². The molecule has 4 rings (SSSR count). The summed E-state index contributed by atoms with van der Waals surface area (Å²) in [4.78, 5) is 4.64. The average molecular weight is 356 g/mol. The molecule has 0 saturated carbocycles. The maximum absolute atomic E-state index is 10.2. The lowest BCUT2D eigenvalue weighted by Gasteiger charge is -2.04. The van der Waals surface area contributed by atoms with Gasteiger partial charge in [-0.2, -0.15) is 0 Å². The molecule has 2 aromatic heterocycles. The molecule has 0 fully saturated rings. The Morgan fingerprint density at radius 2 is 1.74 bits per heavy atom. The van der Waals surface area contributed by atoms with Gasteiger partial charge in [-0.3, -0.25) is 4.40 Å². The monoisotopic (exact) mass is 356 g/mol. The predicted octanol–water partition coefficient (Wildman–Crippen LogP) is 6.05. The largest absolute Gasteiger partial charge is 0.504 e. The highest BCUT2D eigenvalue weighted by molar-refractivity contribution is 5.77. The van der Waals surface area contributed by atoms with Crippen molar-refractivity contribution in [3.8, 4) is 17.0 Å². The SMILES string of the molecule is Cc1cccc(N=Nc2c(-c3ccc(C)c(C)c3)nc3c(O)cccn23)c1. The summed E-state index contributed by atoms with van der Waals surface area (Å²) in [5, 5.41) is 19.1. The molecule has 0 saturated heterocycles. The number of aromatic hydroxyl groups is 1. The Labute approximate surface area is 157 Å². The van der Waals surface area contributed by atoms with Crippen LogP contribution in [0.1, 0.15) is 16.7 Å². The Morgan fingerprint density at radius 3 is 2.52 bits per heavy atom. The van der Waals surface area contributed by atoms with Crippen LogP contribution in [0.15, 0.2) is 71.0 Å². The van der Waals surface area contributed by atoms with Crippen LogP contribution in [0.3, 0.4) is 0 Å². The second kappa shape index (κ2) is 6.68. The van der Waals surface area contributed by atoms with E-state index in [0.29, 0.717) is 17.2 Å². The standard InChI is InChI=1S/C22H20N4O/c1-14-6-4-7-18(12-14)24-25-22-20(17-10-9-15(2)16(3)13-17)23-21-19(27)8-5-11-26(21)22/h4-13,27H,1-3H3. The highest BCUT2D eigenvalue weighted by Crippen LogP contribution is 2.35. The molecule has 2 heterocycles. The number of nitrogens with zero attached hydrogens (tertiary/aromatic N) is 4. The van der Waals surface area contributed by atoms with Crippen LogP contribution in [0.4, 0.5) is 11.5 Å². The Balaban J connectivity index is 1.91. The minimum Gasteiger partial charge on any atom is -0.504 e. The summed E-state index contributed by atoms with van der Waals surface area (Å²) in [5.41, 5.74) is 6.38. The Bertz CT molecular complexity index is 1170. The number of fused-ring (bicyclic) bond motifs is 1. The topological polar surface area (TPSA) is 62.2 Å². The summed E-state index contributed by atoms with van der Waals surface area (Å²) in [7, 11) is 0. The van der Waals surface area contributed by atoms with Crippen LogP contribution in [0, 0.1) is 20.8 Å². The summed E-state index contributed by atoms with van der Waals surface area (Å²) >= 11 is 0. The third-order valence-corrected chi connectivity index (χ3v) is 4.65.